The van der Waals surface area contributed by atoms with Crippen molar-refractivity contribution in [1.82, 2.24) is 4.90 Å². The van der Waals surface area contributed by atoms with Crippen LogP contribution < -0.4 is 5.32 Å². The molecule has 1 saturated heterocycles. The van der Waals surface area contributed by atoms with Crippen molar-refractivity contribution in [2.45, 2.75) is 12.8 Å². The molecular formula is C14H18N2O2S. The van der Waals surface area contributed by atoms with Crippen LogP contribution in [0.1, 0.15) is 12.8 Å². The van der Waals surface area contributed by atoms with Crippen LogP contribution in [0.2, 0.25) is 0 Å². The number of thiocarbonyl (C=S) groups is 1. The maximum absolute atomic E-state index is 11.4. The molecule has 1 aromatic carbocycles. The van der Waals surface area contributed by atoms with Crippen molar-refractivity contribution in [2.75, 3.05) is 25.5 Å². The van der Waals surface area contributed by atoms with Crippen molar-refractivity contribution in [3.05, 3.63) is 30.3 Å². The Kier molecular flexibility index (Phi) is 4.74. The van der Waals surface area contributed by atoms with Gasteiger partial charge in [0.1, 0.15) is 0 Å². The third-order valence-electron chi connectivity index (χ3n) is 3.34. The highest BCUT2D eigenvalue weighted by Gasteiger charge is 2.26. The number of benzene rings is 1. The molecule has 0 radical (unpaired) electrons. The predicted octanol–water partition coefficient (Wildman–Crippen LogP) is 2.27. The summed E-state index contributed by atoms with van der Waals surface area (Å²) < 4.78 is 4.78. The van der Waals surface area contributed by atoms with E-state index in [1.807, 2.05) is 30.3 Å². The average Bonchev–Trinajstić information content (AvgIpc) is 2.47. The van der Waals surface area contributed by atoms with Crippen molar-refractivity contribution in [1.29, 1.82) is 0 Å². The van der Waals surface area contributed by atoms with E-state index in [-0.39, 0.29) is 11.9 Å². The normalized spacial score (nSPS) is 15.9. The van der Waals surface area contributed by atoms with Gasteiger partial charge in [-0.15, -0.1) is 0 Å². The Balaban J connectivity index is 1.84. The third-order valence-corrected chi connectivity index (χ3v) is 3.70. The summed E-state index contributed by atoms with van der Waals surface area (Å²) in [5.74, 6) is -0.0950. The van der Waals surface area contributed by atoms with E-state index >= 15 is 0 Å². The molecule has 0 atom stereocenters. The number of carbonyl (C=O) groups excluding carboxylic acids is 1. The number of piperidine rings is 1. The van der Waals surface area contributed by atoms with Crippen molar-refractivity contribution in [2.24, 2.45) is 5.92 Å². The number of para-hydroxylation sites is 1. The number of hydrogen-bond acceptors (Lipinski definition) is 3. The number of likely N-dealkylation sites (tertiary alicyclic amines) is 1. The quantitative estimate of drug-likeness (QED) is 0.664. The Morgan fingerprint density at radius 1 is 1.32 bits per heavy atom. The molecule has 0 spiro atoms. The number of nitrogens with zero attached hydrogens (tertiary/aromatic N) is 1. The third kappa shape index (κ3) is 3.67. The molecule has 0 amide bonds. The van der Waals surface area contributed by atoms with Gasteiger partial charge < -0.3 is 15.0 Å². The minimum Gasteiger partial charge on any atom is -0.469 e. The molecule has 1 N–H and O–H groups in total. The summed E-state index contributed by atoms with van der Waals surface area (Å²) in [5, 5.41) is 3.93. The molecule has 5 heteroatoms. The van der Waals surface area contributed by atoms with E-state index in [4.69, 9.17) is 17.0 Å². The van der Waals surface area contributed by atoms with Crippen LogP contribution in [-0.2, 0) is 9.53 Å². The minimum atomic E-state index is -0.110. The van der Waals surface area contributed by atoms with Gasteiger partial charge in [0.05, 0.1) is 13.0 Å². The Hall–Kier alpha value is -1.62. The van der Waals surface area contributed by atoms with Gasteiger partial charge in [0, 0.05) is 18.8 Å². The topological polar surface area (TPSA) is 41.6 Å². The second kappa shape index (κ2) is 6.52. The molecule has 0 bridgehead atoms. The molecule has 19 heavy (non-hydrogen) atoms. The van der Waals surface area contributed by atoms with Crippen LogP contribution in [0, 0.1) is 5.92 Å². The summed E-state index contributed by atoms with van der Waals surface area (Å²) in [7, 11) is 1.44. The summed E-state index contributed by atoms with van der Waals surface area (Å²) in [6.07, 6.45) is 1.59. The molecule has 0 unspecified atom stereocenters. The van der Waals surface area contributed by atoms with Gasteiger partial charge in [0.2, 0.25) is 0 Å². The number of rotatable bonds is 2. The lowest BCUT2D eigenvalue weighted by atomic mass is 9.97. The zero-order chi connectivity index (χ0) is 13.7. The van der Waals surface area contributed by atoms with Crippen molar-refractivity contribution in [3.63, 3.8) is 0 Å². The number of ether oxygens (including phenoxy) is 1. The molecular weight excluding hydrogens is 260 g/mol. The molecule has 1 aliphatic rings. The first-order valence-corrected chi connectivity index (χ1v) is 6.80. The molecule has 1 aliphatic heterocycles. The molecule has 1 fully saturated rings. The fraction of sp³-hybridized carbons (Fsp3) is 0.429. The minimum absolute atomic E-state index is 0.0146. The Bertz CT molecular complexity index is 442. The van der Waals surface area contributed by atoms with Crippen molar-refractivity contribution in [3.8, 4) is 0 Å². The van der Waals surface area contributed by atoms with Crippen LogP contribution in [0.25, 0.3) is 0 Å². The molecule has 0 aromatic heterocycles. The van der Waals surface area contributed by atoms with Crippen molar-refractivity contribution >= 4 is 29.0 Å². The molecule has 102 valence electrons. The fourth-order valence-corrected chi connectivity index (χ4v) is 2.51. The van der Waals surface area contributed by atoms with E-state index in [9.17, 15) is 4.79 Å². The fourth-order valence-electron chi connectivity index (χ4n) is 2.21. The van der Waals surface area contributed by atoms with Gasteiger partial charge in [0.15, 0.2) is 5.11 Å². The number of esters is 1. The van der Waals surface area contributed by atoms with Crippen LogP contribution in [0.5, 0.6) is 0 Å². The van der Waals surface area contributed by atoms with E-state index in [0.717, 1.165) is 36.7 Å². The first-order chi connectivity index (χ1) is 9.20. The van der Waals surface area contributed by atoms with Gasteiger partial charge >= 0.3 is 5.97 Å². The summed E-state index contributed by atoms with van der Waals surface area (Å²) in [5.41, 5.74) is 0.989. The summed E-state index contributed by atoms with van der Waals surface area (Å²) in [4.78, 5) is 13.5. The van der Waals surface area contributed by atoms with Crippen LogP contribution in [0.3, 0.4) is 0 Å². The lowest BCUT2D eigenvalue weighted by Gasteiger charge is -2.32. The van der Waals surface area contributed by atoms with Gasteiger partial charge in [0.25, 0.3) is 0 Å². The highest BCUT2D eigenvalue weighted by atomic mass is 32.1. The molecule has 0 aliphatic carbocycles. The average molecular weight is 278 g/mol. The van der Waals surface area contributed by atoms with Gasteiger partial charge in [-0.3, -0.25) is 4.79 Å². The van der Waals surface area contributed by atoms with Gasteiger partial charge in [-0.25, -0.2) is 0 Å². The molecule has 4 nitrogen and oxygen atoms in total. The Morgan fingerprint density at radius 2 is 1.95 bits per heavy atom. The predicted molar refractivity (Wildman–Crippen MR) is 79.0 cm³/mol. The smallest absolute Gasteiger partial charge is 0.308 e. The summed E-state index contributed by atoms with van der Waals surface area (Å²) >= 11 is 5.39. The number of carbonyl (C=O) groups is 1. The molecule has 1 heterocycles. The maximum atomic E-state index is 11.4. The van der Waals surface area contributed by atoms with E-state index in [1.165, 1.54) is 7.11 Å². The highest BCUT2D eigenvalue weighted by molar-refractivity contribution is 7.80. The first kappa shape index (κ1) is 13.8. The van der Waals surface area contributed by atoms with E-state index in [1.54, 1.807) is 0 Å². The van der Waals surface area contributed by atoms with E-state index in [2.05, 4.69) is 10.2 Å². The molecule has 1 aromatic rings. The van der Waals surface area contributed by atoms with Crippen LogP contribution in [-0.4, -0.2) is 36.2 Å². The van der Waals surface area contributed by atoms with E-state index in [0.29, 0.717) is 0 Å². The zero-order valence-electron chi connectivity index (χ0n) is 11.0. The Labute approximate surface area is 118 Å². The van der Waals surface area contributed by atoms with Crippen LogP contribution in [0.15, 0.2) is 30.3 Å². The monoisotopic (exact) mass is 278 g/mol. The first-order valence-electron chi connectivity index (χ1n) is 6.39. The van der Waals surface area contributed by atoms with Crippen LogP contribution >= 0.6 is 12.2 Å². The lowest BCUT2D eigenvalue weighted by molar-refractivity contribution is -0.146. The number of nitrogens with one attached hydrogen (secondary N) is 1. The summed E-state index contributed by atoms with van der Waals surface area (Å²) in [6.45, 7) is 1.58. The second-order valence-electron chi connectivity index (χ2n) is 4.58. The Morgan fingerprint density at radius 3 is 2.53 bits per heavy atom. The van der Waals surface area contributed by atoms with Crippen LogP contribution in [0.4, 0.5) is 5.69 Å². The lowest BCUT2D eigenvalue weighted by Crippen LogP contribution is -2.42. The largest absolute Gasteiger partial charge is 0.469 e. The maximum Gasteiger partial charge on any atom is 0.308 e. The van der Waals surface area contributed by atoms with E-state index < -0.39 is 0 Å². The number of anilines is 1. The van der Waals surface area contributed by atoms with Gasteiger partial charge in [-0.2, -0.15) is 0 Å². The summed E-state index contributed by atoms with van der Waals surface area (Å²) in [6, 6.07) is 9.86. The number of methoxy groups -OCH3 is 1. The van der Waals surface area contributed by atoms with Gasteiger partial charge in [-0.05, 0) is 37.2 Å². The SMILES string of the molecule is COC(=O)C1CCN(C(=S)Nc2ccccc2)CC1. The van der Waals surface area contributed by atoms with Gasteiger partial charge in [-0.1, -0.05) is 18.2 Å². The molecule has 2 rings (SSSR count). The second-order valence-corrected chi connectivity index (χ2v) is 4.97. The standard InChI is InChI=1S/C14H18N2O2S/c1-18-13(17)11-7-9-16(10-8-11)14(19)15-12-5-3-2-4-6-12/h2-6,11H,7-10H2,1H3,(H,15,19). The number of hydrogen-bond donors (Lipinski definition) is 1. The zero-order valence-corrected chi connectivity index (χ0v) is 11.8. The highest BCUT2D eigenvalue weighted by Crippen LogP contribution is 2.19. The van der Waals surface area contributed by atoms with Crippen molar-refractivity contribution < 1.29 is 9.53 Å². The molecule has 0 saturated carbocycles.